The van der Waals surface area contributed by atoms with Crippen LogP contribution in [0.1, 0.15) is 5.56 Å². The van der Waals surface area contributed by atoms with E-state index in [0.717, 1.165) is 33.2 Å². The molecule has 0 atom stereocenters. The molecule has 5 heteroatoms. The largest absolute Gasteiger partial charge is 0.497 e. The summed E-state index contributed by atoms with van der Waals surface area (Å²) >= 11 is 5.68. The van der Waals surface area contributed by atoms with Gasteiger partial charge in [-0.05, 0) is 46.9 Å². The fourth-order valence-electron chi connectivity index (χ4n) is 2.08. The number of ether oxygens (including phenoxy) is 1. The third-order valence-electron chi connectivity index (χ3n) is 3.25. The Morgan fingerprint density at radius 3 is 2.29 bits per heavy atom. The van der Waals surface area contributed by atoms with Gasteiger partial charge in [-0.15, -0.1) is 5.10 Å². The number of rotatable bonds is 4. The molecule has 106 valence electrons. The maximum Gasteiger partial charge on any atom is 0.118 e. The van der Waals surface area contributed by atoms with Crippen molar-refractivity contribution in [1.29, 1.82) is 0 Å². The number of hydrogen-bond donors (Lipinski definition) is 1. The number of hydrogen-bond acceptors (Lipinski definition) is 5. The third-order valence-corrected chi connectivity index (χ3v) is 4.39. The molecule has 0 fully saturated rings. The van der Waals surface area contributed by atoms with Gasteiger partial charge in [0.05, 0.1) is 12.0 Å². The van der Waals surface area contributed by atoms with E-state index in [2.05, 4.69) is 46.5 Å². The van der Waals surface area contributed by atoms with Gasteiger partial charge in [0.25, 0.3) is 0 Å². The quantitative estimate of drug-likeness (QED) is 0.729. The van der Waals surface area contributed by atoms with E-state index in [1.54, 1.807) is 7.11 Å². The zero-order valence-corrected chi connectivity index (χ0v) is 13.2. The molecule has 3 nitrogen and oxygen atoms in total. The lowest BCUT2D eigenvalue weighted by Gasteiger charge is -2.04. The lowest BCUT2D eigenvalue weighted by atomic mass is 10.1. The Bertz CT molecular complexity index is 659. The van der Waals surface area contributed by atoms with Crippen molar-refractivity contribution >= 4 is 24.2 Å². The smallest absolute Gasteiger partial charge is 0.118 e. The maximum atomic E-state index is 5.19. The van der Waals surface area contributed by atoms with Gasteiger partial charge in [-0.25, -0.2) is 0 Å². The van der Waals surface area contributed by atoms with E-state index in [0.29, 0.717) is 0 Å². The molecule has 3 rings (SSSR count). The second-order valence-corrected chi connectivity index (χ2v) is 5.60. The molecule has 0 radical (unpaired) electrons. The fourth-order valence-corrected chi connectivity index (χ4v) is 2.98. The lowest BCUT2D eigenvalue weighted by molar-refractivity contribution is 0.415. The molecule has 1 aromatic heterocycles. The summed E-state index contributed by atoms with van der Waals surface area (Å²) in [5, 5.41) is 4.28. The average molecular weight is 314 g/mol. The molecule has 3 aromatic rings. The summed E-state index contributed by atoms with van der Waals surface area (Å²) in [7, 11) is 1.66. The Kier molecular flexibility index (Phi) is 4.22. The summed E-state index contributed by atoms with van der Waals surface area (Å²) in [6, 6.07) is 16.2. The van der Waals surface area contributed by atoms with Crippen molar-refractivity contribution < 1.29 is 4.74 Å². The first-order valence-corrected chi connectivity index (χ1v) is 7.89. The molecular weight excluding hydrogens is 300 g/mol. The van der Waals surface area contributed by atoms with E-state index >= 15 is 0 Å². The molecule has 0 aliphatic carbocycles. The first-order valence-electron chi connectivity index (χ1n) is 6.49. The van der Waals surface area contributed by atoms with Crippen molar-refractivity contribution in [2.45, 2.75) is 5.75 Å². The van der Waals surface area contributed by atoms with Crippen LogP contribution in [0.25, 0.3) is 21.7 Å². The van der Waals surface area contributed by atoms with Crippen LogP contribution >= 0.6 is 24.2 Å². The lowest BCUT2D eigenvalue weighted by Crippen LogP contribution is -1.85. The highest BCUT2D eigenvalue weighted by Gasteiger charge is 2.12. The van der Waals surface area contributed by atoms with Crippen molar-refractivity contribution in [3.8, 4) is 27.4 Å². The van der Waals surface area contributed by atoms with Crippen LogP contribution in [0.15, 0.2) is 48.5 Å². The Morgan fingerprint density at radius 2 is 1.67 bits per heavy atom. The van der Waals surface area contributed by atoms with Crippen LogP contribution in [-0.4, -0.2) is 16.7 Å². The minimum absolute atomic E-state index is 0.737. The highest BCUT2D eigenvalue weighted by atomic mass is 32.1. The molecule has 21 heavy (non-hydrogen) atoms. The van der Waals surface area contributed by atoms with E-state index in [4.69, 9.17) is 4.74 Å². The van der Waals surface area contributed by atoms with Crippen LogP contribution in [0, 0.1) is 0 Å². The number of aromatic nitrogens is 2. The maximum absolute atomic E-state index is 5.19. The second-order valence-electron chi connectivity index (χ2n) is 4.53. The second kappa shape index (κ2) is 6.28. The minimum atomic E-state index is 0.737. The summed E-state index contributed by atoms with van der Waals surface area (Å²) in [5.41, 5.74) is 4.27. The van der Waals surface area contributed by atoms with E-state index in [1.165, 1.54) is 17.1 Å². The van der Waals surface area contributed by atoms with Crippen LogP contribution in [0.5, 0.6) is 5.75 Å². The van der Waals surface area contributed by atoms with Gasteiger partial charge in [0, 0.05) is 11.3 Å². The van der Waals surface area contributed by atoms with E-state index < -0.39 is 0 Å². The van der Waals surface area contributed by atoms with E-state index in [9.17, 15) is 0 Å². The van der Waals surface area contributed by atoms with E-state index in [1.807, 2.05) is 24.3 Å². The van der Waals surface area contributed by atoms with Gasteiger partial charge in [-0.1, -0.05) is 28.8 Å². The summed E-state index contributed by atoms with van der Waals surface area (Å²) in [6.45, 7) is 0. The normalized spacial score (nSPS) is 10.6. The van der Waals surface area contributed by atoms with Crippen molar-refractivity contribution in [2.24, 2.45) is 0 Å². The molecule has 0 spiro atoms. The van der Waals surface area contributed by atoms with Gasteiger partial charge in [-0.2, -0.15) is 12.6 Å². The van der Waals surface area contributed by atoms with Crippen molar-refractivity contribution in [1.82, 2.24) is 9.59 Å². The zero-order valence-electron chi connectivity index (χ0n) is 11.5. The Labute approximate surface area is 133 Å². The van der Waals surface area contributed by atoms with Gasteiger partial charge in [0.15, 0.2) is 0 Å². The zero-order chi connectivity index (χ0) is 14.7. The standard InChI is InChI=1S/C16H14N2OS2/c1-19-14-8-6-13(7-9-14)16-15(17-18-21-16)12-4-2-11(10-20)3-5-12/h2-9,20H,10H2,1H3. The third kappa shape index (κ3) is 2.94. The fraction of sp³-hybridized carbons (Fsp3) is 0.125. The first kappa shape index (κ1) is 14.1. The van der Waals surface area contributed by atoms with Crippen molar-refractivity contribution in [3.63, 3.8) is 0 Å². The predicted molar refractivity (Wildman–Crippen MR) is 90.0 cm³/mol. The van der Waals surface area contributed by atoms with Crippen LogP contribution in [0.4, 0.5) is 0 Å². The molecule has 0 N–H and O–H groups in total. The molecule has 2 aromatic carbocycles. The Morgan fingerprint density at radius 1 is 1.00 bits per heavy atom. The van der Waals surface area contributed by atoms with Crippen LogP contribution < -0.4 is 4.74 Å². The SMILES string of the molecule is COc1ccc(-c2snnc2-c2ccc(CS)cc2)cc1. The summed E-state index contributed by atoms with van der Waals surface area (Å²) in [4.78, 5) is 1.07. The van der Waals surface area contributed by atoms with Crippen molar-refractivity contribution in [2.75, 3.05) is 7.11 Å². The topological polar surface area (TPSA) is 35.0 Å². The van der Waals surface area contributed by atoms with Gasteiger partial charge in [0.2, 0.25) is 0 Å². The molecule has 0 saturated heterocycles. The molecular formula is C16H14N2OS2. The molecule has 0 amide bonds. The van der Waals surface area contributed by atoms with Crippen molar-refractivity contribution in [3.05, 3.63) is 54.1 Å². The van der Waals surface area contributed by atoms with Gasteiger partial charge < -0.3 is 4.74 Å². The highest BCUT2D eigenvalue weighted by Crippen LogP contribution is 2.34. The monoisotopic (exact) mass is 314 g/mol. The van der Waals surface area contributed by atoms with Gasteiger partial charge in [-0.3, -0.25) is 0 Å². The van der Waals surface area contributed by atoms with Gasteiger partial charge in [0.1, 0.15) is 11.4 Å². The highest BCUT2D eigenvalue weighted by molar-refractivity contribution is 7.79. The minimum Gasteiger partial charge on any atom is -0.497 e. The number of benzene rings is 2. The summed E-state index contributed by atoms with van der Waals surface area (Å²) in [6.07, 6.45) is 0. The summed E-state index contributed by atoms with van der Waals surface area (Å²) in [5.74, 6) is 1.58. The van der Waals surface area contributed by atoms with E-state index in [-0.39, 0.29) is 0 Å². The summed E-state index contributed by atoms with van der Waals surface area (Å²) < 4.78 is 9.30. The number of nitrogens with zero attached hydrogens (tertiary/aromatic N) is 2. The molecule has 0 aliphatic heterocycles. The molecule has 0 bridgehead atoms. The predicted octanol–water partition coefficient (Wildman–Crippen LogP) is 4.31. The van der Waals surface area contributed by atoms with Gasteiger partial charge >= 0.3 is 0 Å². The van der Waals surface area contributed by atoms with Crippen LogP contribution in [0.2, 0.25) is 0 Å². The number of methoxy groups -OCH3 is 1. The van der Waals surface area contributed by atoms with Crippen LogP contribution in [0.3, 0.4) is 0 Å². The number of thiol groups is 1. The molecule has 1 heterocycles. The first-order chi connectivity index (χ1) is 10.3. The molecule has 0 saturated carbocycles. The molecule has 0 unspecified atom stereocenters. The Hall–Kier alpha value is -1.85. The average Bonchev–Trinajstić information content (AvgIpc) is 3.04. The van der Waals surface area contributed by atoms with Crippen LogP contribution in [-0.2, 0) is 5.75 Å². The molecule has 0 aliphatic rings. The Balaban J connectivity index is 1.99.